The molecule has 0 N–H and O–H groups in total. The molecular formula is C32H32N6O2. The molecule has 0 unspecified atom stereocenters. The third kappa shape index (κ3) is 6.40. The Morgan fingerprint density at radius 2 is 1.10 bits per heavy atom. The predicted octanol–water partition coefficient (Wildman–Crippen LogP) is 8.28. The van der Waals surface area contributed by atoms with E-state index in [4.69, 9.17) is 4.74 Å². The lowest BCUT2D eigenvalue weighted by molar-refractivity contribution is 0.112. The smallest absolute Gasteiger partial charge is 0.150 e. The van der Waals surface area contributed by atoms with Gasteiger partial charge in [-0.3, -0.25) is 4.79 Å². The highest BCUT2D eigenvalue weighted by Crippen LogP contribution is 2.28. The van der Waals surface area contributed by atoms with Gasteiger partial charge in [0.25, 0.3) is 0 Å². The molecule has 4 aromatic rings. The van der Waals surface area contributed by atoms with Gasteiger partial charge in [-0.1, -0.05) is 0 Å². The molecule has 1 aliphatic heterocycles. The highest BCUT2D eigenvalue weighted by molar-refractivity contribution is 5.76. The normalized spacial score (nSPS) is 13.8. The number of methoxy groups -OCH3 is 1. The Kier molecular flexibility index (Phi) is 8.25. The number of azo groups is 2. The van der Waals surface area contributed by atoms with E-state index in [1.54, 1.807) is 13.2 Å². The van der Waals surface area contributed by atoms with Gasteiger partial charge in [0.2, 0.25) is 0 Å². The molecule has 0 atom stereocenters. The summed E-state index contributed by atoms with van der Waals surface area (Å²) in [7, 11) is 1.66. The molecule has 0 radical (unpaired) electrons. The van der Waals surface area contributed by atoms with Crippen molar-refractivity contribution in [2.24, 2.45) is 20.5 Å². The molecule has 4 aromatic carbocycles. The van der Waals surface area contributed by atoms with Gasteiger partial charge in [0.15, 0.2) is 0 Å². The zero-order chi connectivity index (χ0) is 27.9. The predicted molar refractivity (Wildman–Crippen MR) is 160 cm³/mol. The van der Waals surface area contributed by atoms with Crippen LogP contribution in [0.5, 0.6) is 5.75 Å². The molecule has 1 saturated heterocycles. The van der Waals surface area contributed by atoms with Gasteiger partial charge in [-0.2, -0.15) is 20.5 Å². The van der Waals surface area contributed by atoms with E-state index in [0.29, 0.717) is 5.56 Å². The molecule has 1 fully saturated rings. The molecule has 0 bridgehead atoms. The molecule has 1 aliphatic rings. The number of benzene rings is 4. The monoisotopic (exact) mass is 532 g/mol. The van der Waals surface area contributed by atoms with Crippen molar-refractivity contribution in [3.05, 3.63) is 102 Å². The fourth-order valence-corrected chi connectivity index (χ4v) is 4.64. The number of hydrogen-bond acceptors (Lipinski definition) is 8. The first-order chi connectivity index (χ1) is 19.5. The van der Waals surface area contributed by atoms with Crippen molar-refractivity contribution in [3.8, 4) is 5.75 Å². The summed E-state index contributed by atoms with van der Waals surface area (Å²) in [6.07, 6.45) is 0.835. The molecule has 0 aromatic heterocycles. The van der Waals surface area contributed by atoms with E-state index in [1.807, 2.05) is 68.4 Å². The Bertz CT molecular complexity index is 1520. The first kappa shape index (κ1) is 26.7. The van der Waals surface area contributed by atoms with Crippen molar-refractivity contribution in [3.63, 3.8) is 0 Å². The number of carbonyl (C=O) groups excluding carboxylic acids is 1. The van der Waals surface area contributed by atoms with Gasteiger partial charge in [0.05, 0.1) is 29.9 Å². The van der Waals surface area contributed by atoms with Crippen molar-refractivity contribution in [2.45, 2.75) is 13.8 Å². The molecule has 1 heterocycles. The lowest BCUT2D eigenvalue weighted by Crippen LogP contribution is -2.46. The average Bonchev–Trinajstić information content (AvgIpc) is 3.00. The minimum atomic E-state index is 0.639. The Labute approximate surface area is 234 Å². The first-order valence-corrected chi connectivity index (χ1v) is 13.3. The second-order valence-electron chi connectivity index (χ2n) is 9.72. The van der Waals surface area contributed by atoms with Crippen molar-refractivity contribution in [1.82, 2.24) is 0 Å². The molecule has 8 nitrogen and oxygen atoms in total. The van der Waals surface area contributed by atoms with Crippen LogP contribution < -0.4 is 14.5 Å². The first-order valence-electron chi connectivity index (χ1n) is 13.3. The van der Waals surface area contributed by atoms with Gasteiger partial charge in [-0.15, -0.1) is 0 Å². The molecule has 0 spiro atoms. The van der Waals surface area contributed by atoms with Crippen LogP contribution in [0.15, 0.2) is 105 Å². The maximum Gasteiger partial charge on any atom is 0.150 e. The number of nitrogens with zero attached hydrogens (tertiary/aromatic N) is 6. The Morgan fingerprint density at radius 3 is 1.52 bits per heavy atom. The van der Waals surface area contributed by atoms with Crippen LogP contribution in [0.3, 0.4) is 0 Å². The van der Waals surface area contributed by atoms with Crippen molar-refractivity contribution >= 4 is 40.4 Å². The number of aldehydes is 1. The molecule has 40 heavy (non-hydrogen) atoms. The van der Waals surface area contributed by atoms with Gasteiger partial charge < -0.3 is 14.5 Å². The van der Waals surface area contributed by atoms with E-state index in [9.17, 15) is 4.79 Å². The van der Waals surface area contributed by atoms with Crippen LogP contribution in [0.25, 0.3) is 0 Å². The standard InChI is InChI=1S/C32H32N6O2/c1-23-20-25(22-39)4-14-31(23)35-33-26-5-9-28(10-6-26)37-16-18-38(19-17-37)29-11-7-27(8-12-29)34-36-32-15-13-30(40-3)21-24(32)2/h4-15,20-22H,16-19H2,1-3H3. The third-order valence-corrected chi connectivity index (χ3v) is 7.02. The maximum atomic E-state index is 10.9. The van der Waals surface area contributed by atoms with E-state index in [0.717, 1.165) is 72.1 Å². The molecule has 8 heteroatoms. The van der Waals surface area contributed by atoms with E-state index < -0.39 is 0 Å². The molecule has 202 valence electrons. The van der Waals surface area contributed by atoms with Crippen molar-refractivity contribution < 1.29 is 9.53 Å². The van der Waals surface area contributed by atoms with Crippen LogP contribution in [0.4, 0.5) is 34.1 Å². The van der Waals surface area contributed by atoms with Crippen LogP contribution in [-0.2, 0) is 0 Å². The van der Waals surface area contributed by atoms with Crippen LogP contribution in [0, 0.1) is 13.8 Å². The van der Waals surface area contributed by atoms with Crippen LogP contribution in [0.1, 0.15) is 21.5 Å². The second-order valence-corrected chi connectivity index (χ2v) is 9.72. The summed E-state index contributed by atoms with van der Waals surface area (Å²) in [6.45, 7) is 7.66. The summed E-state index contributed by atoms with van der Waals surface area (Å²) < 4.78 is 5.26. The molecule has 0 saturated carbocycles. The highest BCUT2D eigenvalue weighted by Gasteiger charge is 2.17. The van der Waals surface area contributed by atoms with Crippen molar-refractivity contribution in [2.75, 3.05) is 43.1 Å². The SMILES string of the molecule is COc1ccc(N=Nc2ccc(N3CCN(c4ccc(N=Nc5ccc(C=O)cc5C)cc4)CC3)cc2)c(C)c1. The molecule has 0 aliphatic carbocycles. The molecule has 0 amide bonds. The van der Waals surface area contributed by atoms with Crippen LogP contribution in [0.2, 0.25) is 0 Å². The Hall–Kier alpha value is -4.85. The van der Waals surface area contributed by atoms with Crippen LogP contribution >= 0.6 is 0 Å². The fourth-order valence-electron chi connectivity index (χ4n) is 4.64. The fraction of sp³-hybridized carbons (Fsp3) is 0.219. The Balaban J connectivity index is 1.15. The lowest BCUT2D eigenvalue weighted by Gasteiger charge is -2.37. The topological polar surface area (TPSA) is 82.2 Å². The summed E-state index contributed by atoms with van der Waals surface area (Å²) in [5.41, 5.74) is 8.15. The third-order valence-electron chi connectivity index (χ3n) is 7.02. The zero-order valence-electron chi connectivity index (χ0n) is 23.0. The van der Waals surface area contributed by atoms with Crippen molar-refractivity contribution in [1.29, 1.82) is 0 Å². The van der Waals surface area contributed by atoms with Gasteiger partial charge in [-0.25, -0.2) is 0 Å². The van der Waals surface area contributed by atoms with E-state index in [1.165, 1.54) is 11.4 Å². The van der Waals surface area contributed by atoms with Gasteiger partial charge in [-0.05, 0) is 110 Å². The summed E-state index contributed by atoms with van der Waals surface area (Å²) >= 11 is 0. The quantitative estimate of drug-likeness (QED) is 0.169. The molecular weight excluding hydrogens is 500 g/mol. The number of carbonyl (C=O) groups is 1. The summed E-state index contributed by atoms with van der Waals surface area (Å²) in [4.78, 5) is 15.7. The van der Waals surface area contributed by atoms with E-state index >= 15 is 0 Å². The maximum absolute atomic E-state index is 10.9. The Morgan fingerprint density at radius 1 is 0.625 bits per heavy atom. The van der Waals surface area contributed by atoms with Gasteiger partial charge in [0, 0.05) is 43.1 Å². The van der Waals surface area contributed by atoms with E-state index in [-0.39, 0.29) is 0 Å². The number of ether oxygens (including phenoxy) is 1. The molecule has 5 rings (SSSR count). The van der Waals surface area contributed by atoms with E-state index in [2.05, 4.69) is 54.5 Å². The zero-order valence-corrected chi connectivity index (χ0v) is 23.0. The number of hydrogen-bond donors (Lipinski definition) is 0. The van der Waals surface area contributed by atoms with Gasteiger partial charge >= 0.3 is 0 Å². The minimum absolute atomic E-state index is 0.639. The lowest BCUT2D eigenvalue weighted by atomic mass is 10.1. The summed E-state index contributed by atoms with van der Waals surface area (Å²) in [6, 6.07) is 27.5. The number of rotatable bonds is 8. The minimum Gasteiger partial charge on any atom is -0.497 e. The number of anilines is 2. The number of aryl methyl sites for hydroxylation is 2. The highest BCUT2D eigenvalue weighted by atomic mass is 16.5. The summed E-state index contributed by atoms with van der Waals surface area (Å²) in [5, 5.41) is 17.5. The second kappa shape index (κ2) is 12.3. The van der Waals surface area contributed by atoms with Gasteiger partial charge in [0.1, 0.15) is 12.0 Å². The number of piperazine rings is 1. The average molecular weight is 533 g/mol. The van der Waals surface area contributed by atoms with Crippen LogP contribution in [-0.4, -0.2) is 39.6 Å². The summed E-state index contributed by atoms with van der Waals surface area (Å²) in [5.74, 6) is 0.815. The largest absolute Gasteiger partial charge is 0.497 e.